The zero-order valence-corrected chi connectivity index (χ0v) is 17.2. The van der Waals surface area contributed by atoms with Crippen LogP contribution in [0.5, 0.6) is 11.5 Å². The maximum atomic E-state index is 15.1. The Hall–Kier alpha value is -2.71. The van der Waals surface area contributed by atoms with Crippen molar-refractivity contribution < 1.29 is 13.9 Å². The van der Waals surface area contributed by atoms with Crippen LogP contribution in [0, 0.1) is 0 Å². The SMILES string of the molecule is Cl.FC1(CNc2nc(-c3ccc4c(c3)OCCO4)cc3nccnc23)CCCNC1. The molecule has 0 spiro atoms. The van der Waals surface area contributed by atoms with Gasteiger partial charge in [0.25, 0.3) is 0 Å². The van der Waals surface area contributed by atoms with Gasteiger partial charge >= 0.3 is 0 Å². The van der Waals surface area contributed by atoms with Gasteiger partial charge in [0.15, 0.2) is 17.3 Å². The smallest absolute Gasteiger partial charge is 0.162 e. The standard InChI is InChI=1S/C21H22FN5O2.ClH/c22-21(4-1-5-23-12-21)13-26-20-19-16(24-6-7-25-19)11-15(27-20)14-2-3-17-18(10-14)29-9-8-28-17;/h2-3,6-7,10-11,23H,1,4-5,8-9,12-13H2,(H,26,27);1H. The van der Waals surface area contributed by atoms with E-state index in [9.17, 15) is 0 Å². The summed E-state index contributed by atoms with van der Waals surface area (Å²) >= 11 is 0. The Kier molecular flexibility index (Phi) is 5.87. The van der Waals surface area contributed by atoms with Gasteiger partial charge < -0.3 is 20.1 Å². The third-order valence-electron chi connectivity index (χ3n) is 5.29. The molecule has 1 fully saturated rings. The molecule has 0 amide bonds. The van der Waals surface area contributed by atoms with Crippen molar-refractivity contribution in [2.75, 3.05) is 38.2 Å². The fraction of sp³-hybridized carbons (Fsp3) is 0.381. The molecule has 5 rings (SSSR count). The Bertz CT molecular complexity index is 1050. The lowest BCUT2D eigenvalue weighted by atomic mass is 9.96. The summed E-state index contributed by atoms with van der Waals surface area (Å²) in [6.45, 7) is 2.43. The first kappa shape index (κ1) is 20.6. The predicted molar refractivity (Wildman–Crippen MR) is 115 cm³/mol. The predicted octanol–water partition coefficient (Wildman–Crippen LogP) is 3.39. The highest BCUT2D eigenvalue weighted by atomic mass is 35.5. The Morgan fingerprint density at radius 3 is 2.77 bits per heavy atom. The first-order valence-corrected chi connectivity index (χ1v) is 9.86. The summed E-state index contributed by atoms with van der Waals surface area (Å²) in [4.78, 5) is 13.6. The molecule has 158 valence electrons. The lowest BCUT2D eigenvalue weighted by Crippen LogP contribution is -2.46. The van der Waals surface area contributed by atoms with Crippen LogP contribution in [0.3, 0.4) is 0 Å². The molecule has 0 aliphatic carbocycles. The van der Waals surface area contributed by atoms with Gasteiger partial charge in [-0.15, -0.1) is 12.4 Å². The summed E-state index contributed by atoms with van der Waals surface area (Å²) in [6.07, 6.45) is 4.61. The first-order chi connectivity index (χ1) is 14.2. The number of alkyl halides is 1. The van der Waals surface area contributed by atoms with Crippen LogP contribution in [-0.4, -0.2) is 53.5 Å². The van der Waals surface area contributed by atoms with Crippen LogP contribution in [0.2, 0.25) is 0 Å². The van der Waals surface area contributed by atoms with Crippen LogP contribution in [-0.2, 0) is 0 Å². The summed E-state index contributed by atoms with van der Waals surface area (Å²) in [6, 6.07) is 7.60. The number of piperidine rings is 1. The van der Waals surface area contributed by atoms with Gasteiger partial charge in [-0.2, -0.15) is 0 Å². The molecule has 4 heterocycles. The first-order valence-electron chi connectivity index (χ1n) is 9.86. The monoisotopic (exact) mass is 431 g/mol. The zero-order chi connectivity index (χ0) is 19.7. The number of nitrogens with zero attached hydrogens (tertiary/aromatic N) is 3. The fourth-order valence-corrected chi connectivity index (χ4v) is 3.77. The Morgan fingerprint density at radius 2 is 1.93 bits per heavy atom. The second-order valence-corrected chi connectivity index (χ2v) is 7.42. The van der Waals surface area contributed by atoms with Crippen molar-refractivity contribution in [2.24, 2.45) is 0 Å². The average Bonchev–Trinajstić information content (AvgIpc) is 2.77. The maximum absolute atomic E-state index is 15.1. The molecule has 0 radical (unpaired) electrons. The molecule has 1 unspecified atom stereocenters. The van der Waals surface area contributed by atoms with Gasteiger partial charge in [0, 0.05) is 24.5 Å². The molecular weight excluding hydrogens is 409 g/mol. The molecule has 0 saturated carbocycles. The van der Waals surface area contributed by atoms with Crippen molar-refractivity contribution in [3.8, 4) is 22.8 Å². The number of aromatic nitrogens is 3. The minimum atomic E-state index is -1.30. The molecule has 3 aromatic rings. The molecule has 7 nitrogen and oxygen atoms in total. The van der Waals surface area contributed by atoms with Crippen LogP contribution in [0.25, 0.3) is 22.3 Å². The molecule has 1 atom stereocenters. The molecule has 0 bridgehead atoms. The number of pyridine rings is 1. The Labute approximate surface area is 179 Å². The van der Waals surface area contributed by atoms with Crippen molar-refractivity contribution in [1.29, 1.82) is 0 Å². The normalized spacial score (nSPS) is 20.4. The van der Waals surface area contributed by atoms with E-state index in [4.69, 9.17) is 14.5 Å². The molecule has 2 aliphatic heterocycles. The van der Waals surface area contributed by atoms with E-state index in [0.717, 1.165) is 24.3 Å². The number of hydrogen-bond donors (Lipinski definition) is 2. The van der Waals surface area contributed by atoms with E-state index in [-0.39, 0.29) is 19.0 Å². The van der Waals surface area contributed by atoms with Crippen molar-refractivity contribution >= 4 is 29.3 Å². The Balaban J connectivity index is 0.00000218. The summed E-state index contributed by atoms with van der Waals surface area (Å²) in [5.41, 5.74) is 1.61. The topological polar surface area (TPSA) is 81.2 Å². The molecular formula is C21H23ClFN5O2. The highest BCUT2D eigenvalue weighted by Gasteiger charge is 2.31. The fourth-order valence-electron chi connectivity index (χ4n) is 3.77. The van der Waals surface area contributed by atoms with Gasteiger partial charge in [-0.3, -0.25) is 4.98 Å². The molecule has 1 saturated heterocycles. The number of halogens is 2. The highest BCUT2D eigenvalue weighted by Crippen LogP contribution is 2.35. The Morgan fingerprint density at radius 1 is 1.10 bits per heavy atom. The number of fused-ring (bicyclic) bond motifs is 2. The second kappa shape index (κ2) is 8.57. The summed E-state index contributed by atoms with van der Waals surface area (Å²) in [7, 11) is 0. The lowest BCUT2D eigenvalue weighted by molar-refractivity contribution is 0.137. The zero-order valence-electron chi connectivity index (χ0n) is 16.4. The van der Waals surface area contributed by atoms with Crippen molar-refractivity contribution in [3.05, 3.63) is 36.7 Å². The van der Waals surface area contributed by atoms with E-state index in [1.807, 2.05) is 24.3 Å². The van der Waals surface area contributed by atoms with Crippen LogP contribution >= 0.6 is 12.4 Å². The van der Waals surface area contributed by atoms with E-state index in [0.29, 0.717) is 54.5 Å². The molecule has 2 N–H and O–H groups in total. The maximum Gasteiger partial charge on any atom is 0.162 e. The van der Waals surface area contributed by atoms with Crippen LogP contribution in [0.1, 0.15) is 12.8 Å². The van der Waals surface area contributed by atoms with Gasteiger partial charge in [0.2, 0.25) is 0 Å². The molecule has 1 aromatic carbocycles. The third kappa shape index (κ3) is 4.11. The van der Waals surface area contributed by atoms with E-state index in [1.54, 1.807) is 12.4 Å². The van der Waals surface area contributed by atoms with Crippen molar-refractivity contribution in [3.63, 3.8) is 0 Å². The molecule has 2 aromatic heterocycles. The third-order valence-corrected chi connectivity index (χ3v) is 5.29. The van der Waals surface area contributed by atoms with Crippen molar-refractivity contribution in [1.82, 2.24) is 20.3 Å². The van der Waals surface area contributed by atoms with Crippen molar-refractivity contribution in [2.45, 2.75) is 18.5 Å². The summed E-state index contributed by atoms with van der Waals surface area (Å²) in [5.74, 6) is 1.95. The van der Waals surface area contributed by atoms with Gasteiger partial charge in [-0.25, -0.2) is 14.4 Å². The number of hydrogen-bond acceptors (Lipinski definition) is 7. The highest BCUT2D eigenvalue weighted by molar-refractivity contribution is 5.88. The molecule has 30 heavy (non-hydrogen) atoms. The van der Waals surface area contributed by atoms with Gasteiger partial charge in [-0.05, 0) is 43.7 Å². The van der Waals surface area contributed by atoms with Crippen LogP contribution in [0.15, 0.2) is 36.7 Å². The van der Waals surface area contributed by atoms with E-state index >= 15 is 4.39 Å². The number of anilines is 1. The number of nitrogens with one attached hydrogen (secondary N) is 2. The second-order valence-electron chi connectivity index (χ2n) is 7.42. The molecule has 2 aliphatic rings. The summed E-state index contributed by atoms with van der Waals surface area (Å²) < 4.78 is 26.3. The van der Waals surface area contributed by atoms with Gasteiger partial charge in [0.1, 0.15) is 24.4 Å². The number of rotatable bonds is 4. The van der Waals surface area contributed by atoms with E-state index in [1.165, 1.54) is 0 Å². The minimum absolute atomic E-state index is 0. The number of ether oxygens (including phenoxy) is 2. The number of benzene rings is 1. The minimum Gasteiger partial charge on any atom is -0.486 e. The lowest BCUT2D eigenvalue weighted by Gasteiger charge is -2.30. The van der Waals surface area contributed by atoms with Gasteiger partial charge in [0.05, 0.1) is 17.8 Å². The van der Waals surface area contributed by atoms with Crippen LogP contribution in [0.4, 0.5) is 10.2 Å². The quantitative estimate of drug-likeness (QED) is 0.655. The summed E-state index contributed by atoms with van der Waals surface area (Å²) in [5, 5.41) is 6.31. The van der Waals surface area contributed by atoms with Crippen LogP contribution < -0.4 is 20.1 Å². The van der Waals surface area contributed by atoms with E-state index < -0.39 is 5.67 Å². The largest absolute Gasteiger partial charge is 0.486 e. The average molecular weight is 432 g/mol. The molecule has 9 heteroatoms. The van der Waals surface area contributed by atoms with Gasteiger partial charge in [-0.1, -0.05) is 0 Å². The van der Waals surface area contributed by atoms with E-state index in [2.05, 4.69) is 20.6 Å².